The van der Waals surface area contributed by atoms with Crippen molar-refractivity contribution >= 4 is 11.8 Å². The summed E-state index contributed by atoms with van der Waals surface area (Å²) in [5.74, 6) is 0.427. The van der Waals surface area contributed by atoms with E-state index in [0.29, 0.717) is 38.6 Å². The van der Waals surface area contributed by atoms with Gasteiger partial charge >= 0.3 is 0 Å². The van der Waals surface area contributed by atoms with Crippen LogP contribution in [0.2, 0.25) is 0 Å². The molecule has 4 heterocycles. The number of hydrogen-bond acceptors (Lipinski definition) is 6. The number of nitrogens with zero attached hydrogens (tertiary/aromatic N) is 4. The van der Waals surface area contributed by atoms with E-state index in [1.807, 2.05) is 28.9 Å². The van der Waals surface area contributed by atoms with Crippen molar-refractivity contribution in [3.8, 4) is 5.88 Å². The lowest BCUT2D eigenvalue weighted by molar-refractivity contribution is -0.138. The molecule has 0 aromatic carbocycles. The number of likely N-dealkylation sites (tertiary alicyclic amines) is 2. The van der Waals surface area contributed by atoms with Crippen molar-refractivity contribution in [1.29, 1.82) is 0 Å². The first-order valence-electron chi connectivity index (χ1n) is 10.2. The summed E-state index contributed by atoms with van der Waals surface area (Å²) in [5, 5.41) is 8.07. The van der Waals surface area contributed by atoms with E-state index in [2.05, 4.69) is 10.2 Å². The molecule has 8 heteroatoms. The predicted octanol–water partition coefficient (Wildman–Crippen LogP) is 1.18. The molecule has 0 aliphatic carbocycles. The number of rotatable bonds is 4. The van der Waals surface area contributed by atoms with Gasteiger partial charge in [-0.2, -0.15) is 5.10 Å². The lowest BCUT2D eigenvalue weighted by atomic mass is 10.0. The standard InChI is InChI=1S/C20H28N4O4/c1-14-4-5-18(22-21-14)28-17-3-2-8-23(13-17)20(26)15-11-19(25)24(12-15)16-6-9-27-10-7-16/h4-5,15-17H,2-3,6-13H2,1H3/t15-,17+/m0/s1. The number of ether oxygens (including phenoxy) is 2. The smallest absolute Gasteiger partial charge is 0.233 e. The summed E-state index contributed by atoms with van der Waals surface area (Å²) in [7, 11) is 0. The van der Waals surface area contributed by atoms with E-state index in [-0.39, 0.29) is 29.9 Å². The Bertz CT molecular complexity index is 705. The zero-order chi connectivity index (χ0) is 19.5. The van der Waals surface area contributed by atoms with Gasteiger partial charge in [0.1, 0.15) is 6.10 Å². The Morgan fingerprint density at radius 1 is 1.18 bits per heavy atom. The number of aryl methyl sites for hydroxylation is 1. The molecule has 3 aliphatic heterocycles. The average molecular weight is 388 g/mol. The quantitative estimate of drug-likeness (QED) is 0.770. The Balaban J connectivity index is 1.33. The topological polar surface area (TPSA) is 84.9 Å². The lowest BCUT2D eigenvalue weighted by Crippen LogP contribution is -2.47. The number of hydrogen-bond donors (Lipinski definition) is 0. The molecule has 2 amide bonds. The number of carbonyl (C=O) groups is 2. The third kappa shape index (κ3) is 4.27. The predicted molar refractivity (Wildman–Crippen MR) is 101 cm³/mol. The molecule has 0 N–H and O–H groups in total. The summed E-state index contributed by atoms with van der Waals surface area (Å²) < 4.78 is 11.3. The van der Waals surface area contributed by atoms with Crippen molar-refractivity contribution in [3.05, 3.63) is 17.8 Å². The average Bonchev–Trinajstić information content (AvgIpc) is 3.12. The zero-order valence-corrected chi connectivity index (χ0v) is 16.4. The highest BCUT2D eigenvalue weighted by atomic mass is 16.5. The van der Waals surface area contributed by atoms with E-state index in [1.165, 1.54) is 0 Å². The van der Waals surface area contributed by atoms with Crippen LogP contribution >= 0.6 is 0 Å². The molecule has 3 saturated heterocycles. The van der Waals surface area contributed by atoms with Crippen LogP contribution in [0.1, 0.15) is 37.8 Å². The van der Waals surface area contributed by atoms with Crippen LogP contribution in [0.4, 0.5) is 0 Å². The van der Waals surface area contributed by atoms with Crippen LogP contribution in [-0.2, 0) is 14.3 Å². The molecule has 0 bridgehead atoms. The largest absolute Gasteiger partial charge is 0.471 e. The summed E-state index contributed by atoms with van der Waals surface area (Å²) >= 11 is 0. The number of piperidine rings is 1. The third-order valence-corrected chi connectivity index (χ3v) is 5.89. The Labute approximate surface area is 165 Å². The molecule has 4 rings (SSSR count). The number of carbonyl (C=O) groups excluding carboxylic acids is 2. The Kier molecular flexibility index (Phi) is 5.75. The van der Waals surface area contributed by atoms with E-state index in [9.17, 15) is 9.59 Å². The Morgan fingerprint density at radius 2 is 2.00 bits per heavy atom. The van der Waals surface area contributed by atoms with E-state index < -0.39 is 0 Å². The molecule has 0 saturated carbocycles. The van der Waals surface area contributed by atoms with Gasteiger partial charge in [0.2, 0.25) is 17.7 Å². The highest BCUT2D eigenvalue weighted by Crippen LogP contribution is 2.27. The fourth-order valence-corrected chi connectivity index (χ4v) is 4.36. The highest BCUT2D eigenvalue weighted by Gasteiger charge is 2.40. The lowest BCUT2D eigenvalue weighted by Gasteiger charge is -2.34. The molecular weight excluding hydrogens is 360 g/mol. The fourth-order valence-electron chi connectivity index (χ4n) is 4.36. The van der Waals surface area contributed by atoms with Crippen LogP contribution in [-0.4, -0.2) is 76.8 Å². The summed E-state index contributed by atoms with van der Waals surface area (Å²) in [5.41, 5.74) is 0.841. The summed E-state index contributed by atoms with van der Waals surface area (Å²) in [6.45, 7) is 5.06. The third-order valence-electron chi connectivity index (χ3n) is 5.89. The molecule has 8 nitrogen and oxygen atoms in total. The highest BCUT2D eigenvalue weighted by molar-refractivity contribution is 5.89. The van der Waals surface area contributed by atoms with Crippen molar-refractivity contribution in [2.75, 3.05) is 32.8 Å². The van der Waals surface area contributed by atoms with E-state index in [0.717, 1.165) is 37.9 Å². The van der Waals surface area contributed by atoms with Gasteiger partial charge in [0.05, 0.1) is 18.2 Å². The summed E-state index contributed by atoms with van der Waals surface area (Å²) in [6.07, 6.45) is 3.74. The van der Waals surface area contributed by atoms with Crippen LogP contribution < -0.4 is 4.74 Å². The van der Waals surface area contributed by atoms with Gasteiger partial charge in [-0.1, -0.05) is 0 Å². The van der Waals surface area contributed by atoms with Crippen LogP contribution in [0, 0.1) is 12.8 Å². The fraction of sp³-hybridized carbons (Fsp3) is 0.700. The molecule has 1 aromatic rings. The molecule has 0 unspecified atom stereocenters. The Hall–Kier alpha value is -2.22. The molecule has 3 fully saturated rings. The molecule has 28 heavy (non-hydrogen) atoms. The minimum atomic E-state index is -0.242. The van der Waals surface area contributed by atoms with Gasteiger partial charge in [0.25, 0.3) is 0 Å². The monoisotopic (exact) mass is 388 g/mol. The SMILES string of the molecule is Cc1ccc(O[C@@H]2CCCN(C(=O)[C@H]3CC(=O)N(C4CCOCC4)C3)C2)nn1. The van der Waals surface area contributed by atoms with Crippen molar-refractivity contribution in [3.63, 3.8) is 0 Å². The van der Waals surface area contributed by atoms with Crippen LogP contribution in [0.25, 0.3) is 0 Å². The first kappa shape index (κ1) is 19.1. The maximum absolute atomic E-state index is 13.1. The number of amides is 2. The van der Waals surface area contributed by atoms with E-state index in [1.54, 1.807) is 0 Å². The van der Waals surface area contributed by atoms with E-state index >= 15 is 0 Å². The Morgan fingerprint density at radius 3 is 2.75 bits per heavy atom. The van der Waals surface area contributed by atoms with Gasteiger partial charge in [-0.15, -0.1) is 5.10 Å². The molecule has 0 spiro atoms. The van der Waals surface area contributed by atoms with Crippen molar-refractivity contribution < 1.29 is 19.1 Å². The maximum Gasteiger partial charge on any atom is 0.233 e. The molecule has 2 atom stereocenters. The van der Waals surface area contributed by atoms with Gasteiger partial charge in [-0.05, 0) is 38.7 Å². The second kappa shape index (κ2) is 8.43. The second-order valence-corrected chi connectivity index (χ2v) is 7.97. The second-order valence-electron chi connectivity index (χ2n) is 7.97. The van der Waals surface area contributed by atoms with Crippen molar-refractivity contribution in [1.82, 2.24) is 20.0 Å². The maximum atomic E-state index is 13.1. The molecule has 3 aliphatic rings. The molecule has 152 valence electrons. The normalized spacial score (nSPS) is 26.5. The van der Waals surface area contributed by atoms with Crippen LogP contribution in [0.15, 0.2) is 12.1 Å². The van der Waals surface area contributed by atoms with Gasteiger partial charge < -0.3 is 19.3 Å². The van der Waals surface area contributed by atoms with Gasteiger partial charge in [-0.25, -0.2) is 0 Å². The molecule has 0 radical (unpaired) electrons. The first-order chi connectivity index (χ1) is 13.6. The van der Waals surface area contributed by atoms with Crippen LogP contribution in [0.3, 0.4) is 0 Å². The first-order valence-corrected chi connectivity index (χ1v) is 10.2. The van der Waals surface area contributed by atoms with E-state index in [4.69, 9.17) is 9.47 Å². The van der Waals surface area contributed by atoms with Gasteiger partial charge in [0.15, 0.2) is 0 Å². The van der Waals surface area contributed by atoms with Gasteiger partial charge in [0, 0.05) is 44.8 Å². The summed E-state index contributed by atoms with van der Waals surface area (Å²) in [4.78, 5) is 29.3. The minimum absolute atomic E-state index is 0.0752. The molecule has 1 aromatic heterocycles. The van der Waals surface area contributed by atoms with Gasteiger partial charge in [-0.3, -0.25) is 9.59 Å². The number of aromatic nitrogens is 2. The van der Waals surface area contributed by atoms with Crippen molar-refractivity contribution in [2.24, 2.45) is 5.92 Å². The van der Waals surface area contributed by atoms with Crippen molar-refractivity contribution in [2.45, 2.75) is 51.2 Å². The summed E-state index contributed by atoms with van der Waals surface area (Å²) in [6, 6.07) is 3.89. The zero-order valence-electron chi connectivity index (χ0n) is 16.4. The minimum Gasteiger partial charge on any atom is -0.471 e. The van der Waals surface area contributed by atoms with Crippen LogP contribution in [0.5, 0.6) is 5.88 Å². The molecular formula is C20H28N4O4.